The Bertz CT molecular complexity index is 833. The second-order valence-corrected chi connectivity index (χ2v) is 5.76. The van der Waals surface area contributed by atoms with Crippen LogP contribution in [-0.2, 0) is 6.61 Å². The molecule has 0 saturated heterocycles. The van der Waals surface area contributed by atoms with Crippen molar-refractivity contribution in [1.29, 1.82) is 10.5 Å². The molecule has 0 aliphatic rings. The predicted molar refractivity (Wildman–Crippen MR) is 93.7 cm³/mol. The first-order valence-corrected chi connectivity index (χ1v) is 7.91. The maximum Gasteiger partial charge on any atom is 0.253 e. The molecule has 0 aliphatic carbocycles. The monoisotopic (exact) mass is 333 g/mol. The molecule has 2 aromatic carbocycles. The molecule has 0 aliphatic heterocycles. The molecule has 126 valence electrons. The highest BCUT2D eigenvalue weighted by atomic mass is 16.5. The summed E-state index contributed by atoms with van der Waals surface area (Å²) in [5.41, 5.74) is 1.95. The van der Waals surface area contributed by atoms with Crippen molar-refractivity contribution < 1.29 is 9.53 Å². The number of hydrogen-bond acceptors (Lipinski definition) is 4. The van der Waals surface area contributed by atoms with Crippen LogP contribution in [0.1, 0.15) is 34.8 Å². The molecule has 0 saturated carbocycles. The van der Waals surface area contributed by atoms with E-state index >= 15 is 0 Å². The average Bonchev–Trinajstić information content (AvgIpc) is 2.65. The van der Waals surface area contributed by atoms with Gasteiger partial charge in [0.15, 0.2) is 0 Å². The van der Waals surface area contributed by atoms with Crippen LogP contribution in [-0.4, -0.2) is 23.9 Å². The van der Waals surface area contributed by atoms with E-state index in [-0.39, 0.29) is 11.9 Å². The van der Waals surface area contributed by atoms with Crippen LogP contribution in [0.4, 0.5) is 0 Å². The molecule has 2 rings (SSSR count). The van der Waals surface area contributed by atoms with Crippen molar-refractivity contribution in [1.82, 2.24) is 4.90 Å². The minimum atomic E-state index is -0.147. The molecule has 0 heterocycles. The summed E-state index contributed by atoms with van der Waals surface area (Å²) in [5, 5.41) is 17.7. The first kappa shape index (κ1) is 18.0. The van der Waals surface area contributed by atoms with Crippen molar-refractivity contribution in [3.05, 3.63) is 65.2 Å². The lowest BCUT2D eigenvalue weighted by Crippen LogP contribution is -2.34. The standard InChI is InChI=1S/C20H19N3O2/c1-15(9-10-21)23(2)20(24)18-7-3-6-17(11-18)14-25-19-8-4-5-16(12-19)13-22/h3-8,11-12,15H,9,14H2,1-2H3/t15-/m0/s1. The SMILES string of the molecule is C[C@@H](CC#N)N(C)C(=O)c1cccc(COc2cccc(C#N)c2)c1. The van der Waals surface area contributed by atoms with Crippen molar-refractivity contribution in [3.63, 3.8) is 0 Å². The smallest absolute Gasteiger partial charge is 0.253 e. The number of nitrogens with zero attached hydrogens (tertiary/aromatic N) is 3. The van der Waals surface area contributed by atoms with E-state index in [2.05, 4.69) is 12.1 Å². The van der Waals surface area contributed by atoms with Crippen LogP contribution in [0, 0.1) is 22.7 Å². The molecule has 0 fully saturated rings. The van der Waals surface area contributed by atoms with Gasteiger partial charge >= 0.3 is 0 Å². The minimum Gasteiger partial charge on any atom is -0.489 e. The van der Waals surface area contributed by atoms with Gasteiger partial charge in [0.2, 0.25) is 0 Å². The predicted octanol–water partition coefficient (Wildman–Crippen LogP) is 3.51. The molecule has 0 bridgehead atoms. The number of ether oxygens (including phenoxy) is 1. The molecule has 0 radical (unpaired) electrons. The summed E-state index contributed by atoms with van der Waals surface area (Å²) < 4.78 is 5.70. The van der Waals surface area contributed by atoms with E-state index in [1.54, 1.807) is 54.4 Å². The van der Waals surface area contributed by atoms with E-state index in [1.807, 2.05) is 13.0 Å². The zero-order valence-electron chi connectivity index (χ0n) is 14.3. The Labute approximate surface area is 147 Å². The van der Waals surface area contributed by atoms with E-state index in [1.165, 1.54) is 0 Å². The highest BCUT2D eigenvalue weighted by molar-refractivity contribution is 5.94. The highest BCUT2D eigenvalue weighted by Gasteiger charge is 2.17. The summed E-state index contributed by atoms with van der Waals surface area (Å²) >= 11 is 0. The van der Waals surface area contributed by atoms with Crippen LogP contribution in [0.3, 0.4) is 0 Å². The molecule has 5 heteroatoms. The third-order valence-corrected chi connectivity index (χ3v) is 3.91. The maximum atomic E-state index is 12.5. The summed E-state index contributed by atoms with van der Waals surface area (Å²) in [6.07, 6.45) is 0.292. The number of nitriles is 2. The van der Waals surface area contributed by atoms with Gasteiger partial charge in [0.1, 0.15) is 12.4 Å². The van der Waals surface area contributed by atoms with Gasteiger partial charge in [0.25, 0.3) is 5.91 Å². The molecular formula is C20H19N3O2. The molecule has 5 nitrogen and oxygen atoms in total. The topological polar surface area (TPSA) is 77.1 Å². The van der Waals surface area contributed by atoms with Gasteiger partial charge < -0.3 is 9.64 Å². The maximum absolute atomic E-state index is 12.5. The Morgan fingerprint density at radius 1 is 1.20 bits per heavy atom. The molecule has 0 unspecified atom stereocenters. The zero-order valence-corrected chi connectivity index (χ0v) is 14.3. The van der Waals surface area contributed by atoms with Gasteiger partial charge in [-0.05, 0) is 42.8 Å². The number of carbonyl (C=O) groups is 1. The number of amides is 1. The van der Waals surface area contributed by atoms with Gasteiger partial charge in [-0.3, -0.25) is 4.79 Å². The summed E-state index contributed by atoms with van der Waals surface area (Å²) in [5.74, 6) is 0.478. The van der Waals surface area contributed by atoms with Crippen LogP contribution >= 0.6 is 0 Å². The van der Waals surface area contributed by atoms with Gasteiger partial charge in [-0.25, -0.2) is 0 Å². The molecule has 0 spiro atoms. The first-order chi connectivity index (χ1) is 12.0. The Morgan fingerprint density at radius 3 is 2.68 bits per heavy atom. The normalized spacial score (nSPS) is 11.0. The van der Waals surface area contributed by atoms with E-state index in [9.17, 15) is 4.79 Å². The second-order valence-electron chi connectivity index (χ2n) is 5.76. The van der Waals surface area contributed by atoms with Gasteiger partial charge in [0, 0.05) is 18.7 Å². The molecule has 25 heavy (non-hydrogen) atoms. The Hall–Kier alpha value is -3.31. The summed E-state index contributed by atoms with van der Waals surface area (Å²) in [6.45, 7) is 2.14. The largest absolute Gasteiger partial charge is 0.489 e. The van der Waals surface area contributed by atoms with Crippen molar-refractivity contribution in [2.75, 3.05) is 7.05 Å². The fourth-order valence-electron chi connectivity index (χ4n) is 2.29. The molecule has 1 amide bonds. The van der Waals surface area contributed by atoms with Gasteiger partial charge in [0.05, 0.1) is 24.1 Å². The quantitative estimate of drug-likeness (QED) is 0.810. The second kappa shape index (κ2) is 8.52. The molecule has 1 atom stereocenters. The van der Waals surface area contributed by atoms with Crippen LogP contribution in [0.15, 0.2) is 48.5 Å². The van der Waals surface area contributed by atoms with Gasteiger partial charge in [-0.2, -0.15) is 10.5 Å². The van der Waals surface area contributed by atoms with Crippen molar-refractivity contribution in [3.8, 4) is 17.9 Å². The molecule has 2 aromatic rings. The number of rotatable bonds is 6. The van der Waals surface area contributed by atoms with E-state index in [0.717, 1.165) is 5.56 Å². The van der Waals surface area contributed by atoms with Gasteiger partial charge in [-0.1, -0.05) is 18.2 Å². The number of carbonyl (C=O) groups excluding carboxylic acids is 1. The van der Waals surface area contributed by atoms with Crippen molar-refractivity contribution >= 4 is 5.91 Å². The molecule has 0 N–H and O–H groups in total. The van der Waals surface area contributed by atoms with Crippen LogP contribution in [0.5, 0.6) is 5.75 Å². The number of benzene rings is 2. The summed E-state index contributed by atoms with van der Waals surface area (Å²) in [4.78, 5) is 14.1. The Kier molecular flexibility index (Phi) is 6.14. The molecule has 0 aromatic heterocycles. The lowest BCUT2D eigenvalue weighted by molar-refractivity contribution is 0.0746. The lowest BCUT2D eigenvalue weighted by Gasteiger charge is -2.23. The Morgan fingerprint density at radius 2 is 1.96 bits per heavy atom. The van der Waals surface area contributed by atoms with Crippen LogP contribution in [0.25, 0.3) is 0 Å². The zero-order chi connectivity index (χ0) is 18.2. The van der Waals surface area contributed by atoms with E-state index in [0.29, 0.717) is 29.9 Å². The number of hydrogen-bond donors (Lipinski definition) is 0. The van der Waals surface area contributed by atoms with Crippen molar-refractivity contribution in [2.45, 2.75) is 26.0 Å². The Balaban J connectivity index is 2.07. The fraction of sp³-hybridized carbons (Fsp3) is 0.250. The fourth-order valence-corrected chi connectivity index (χ4v) is 2.29. The van der Waals surface area contributed by atoms with E-state index in [4.69, 9.17) is 15.3 Å². The first-order valence-electron chi connectivity index (χ1n) is 7.91. The summed E-state index contributed by atoms with van der Waals surface area (Å²) in [7, 11) is 1.70. The summed E-state index contributed by atoms with van der Waals surface area (Å²) in [6, 6.07) is 18.1. The molecular weight excluding hydrogens is 314 g/mol. The lowest BCUT2D eigenvalue weighted by atomic mass is 10.1. The van der Waals surface area contributed by atoms with Crippen LogP contribution in [0.2, 0.25) is 0 Å². The third kappa shape index (κ3) is 4.83. The van der Waals surface area contributed by atoms with Crippen LogP contribution < -0.4 is 4.74 Å². The highest BCUT2D eigenvalue weighted by Crippen LogP contribution is 2.16. The van der Waals surface area contributed by atoms with E-state index < -0.39 is 0 Å². The van der Waals surface area contributed by atoms with Gasteiger partial charge in [-0.15, -0.1) is 0 Å². The minimum absolute atomic E-state index is 0.129. The average molecular weight is 333 g/mol. The van der Waals surface area contributed by atoms with Crippen molar-refractivity contribution in [2.24, 2.45) is 0 Å². The third-order valence-electron chi connectivity index (χ3n) is 3.91.